The van der Waals surface area contributed by atoms with Gasteiger partial charge in [0.25, 0.3) is 0 Å². The van der Waals surface area contributed by atoms with Gasteiger partial charge in [-0.05, 0) is 31.0 Å². The molecule has 0 unspecified atom stereocenters. The molecule has 1 aliphatic heterocycles. The van der Waals surface area contributed by atoms with Gasteiger partial charge in [0.15, 0.2) is 5.17 Å². The quantitative estimate of drug-likeness (QED) is 0.585. The Morgan fingerprint density at radius 3 is 2.70 bits per heavy atom. The van der Waals surface area contributed by atoms with Crippen molar-refractivity contribution in [3.63, 3.8) is 0 Å². The minimum Gasteiger partial charge on any atom is -0.326 e. The van der Waals surface area contributed by atoms with E-state index < -0.39 is 28.8 Å². The van der Waals surface area contributed by atoms with Crippen LogP contribution in [0.5, 0.6) is 0 Å². The molecule has 0 aromatic heterocycles. The SMILES string of the molecule is C/C(=N/N=C1\NC(=O)[C@@H](CC(=O)Nc2cccc(C(F)(F)F)c2)S1)C(C)C. The molecule has 1 heterocycles. The predicted molar refractivity (Wildman–Crippen MR) is 99.6 cm³/mol. The van der Waals surface area contributed by atoms with Gasteiger partial charge >= 0.3 is 6.18 Å². The summed E-state index contributed by atoms with van der Waals surface area (Å²) in [6.07, 6.45) is -4.69. The highest BCUT2D eigenvalue weighted by Gasteiger charge is 2.33. The first-order valence-electron chi connectivity index (χ1n) is 8.13. The van der Waals surface area contributed by atoms with E-state index in [0.29, 0.717) is 0 Å². The summed E-state index contributed by atoms with van der Waals surface area (Å²) < 4.78 is 38.1. The minimum atomic E-state index is -4.50. The number of halogens is 3. The Morgan fingerprint density at radius 2 is 2.07 bits per heavy atom. The molecule has 0 radical (unpaired) electrons. The van der Waals surface area contributed by atoms with Crippen LogP contribution in [0, 0.1) is 5.92 Å². The highest BCUT2D eigenvalue weighted by molar-refractivity contribution is 8.15. The van der Waals surface area contributed by atoms with E-state index in [-0.39, 0.29) is 23.2 Å². The molecule has 0 aliphatic carbocycles. The molecule has 10 heteroatoms. The lowest BCUT2D eigenvalue weighted by atomic mass is 10.1. The number of anilines is 1. The van der Waals surface area contributed by atoms with E-state index in [9.17, 15) is 22.8 Å². The van der Waals surface area contributed by atoms with Crippen molar-refractivity contribution in [3.8, 4) is 0 Å². The van der Waals surface area contributed by atoms with Crippen LogP contribution < -0.4 is 10.6 Å². The lowest BCUT2D eigenvalue weighted by molar-refractivity contribution is -0.137. The van der Waals surface area contributed by atoms with Crippen LogP contribution in [-0.2, 0) is 15.8 Å². The van der Waals surface area contributed by atoms with Crippen LogP contribution in [0.15, 0.2) is 34.5 Å². The Kier molecular flexibility index (Phi) is 6.63. The van der Waals surface area contributed by atoms with Crippen molar-refractivity contribution < 1.29 is 22.8 Å². The average Bonchev–Trinajstić information content (AvgIpc) is 2.91. The number of nitrogens with zero attached hydrogens (tertiary/aromatic N) is 2. The summed E-state index contributed by atoms with van der Waals surface area (Å²) in [5, 5.41) is 12.5. The number of thioether (sulfide) groups is 1. The third-order valence-electron chi connectivity index (χ3n) is 3.76. The van der Waals surface area contributed by atoms with Gasteiger partial charge < -0.3 is 10.6 Å². The van der Waals surface area contributed by atoms with Crippen molar-refractivity contribution in [3.05, 3.63) is 29.8 Å². The number of alkyl halides is 3. The monoisotopic (exact) mass is 400 g/mol. The molecule has 2 amide bonds. The van der Waals surface area contributed by atoms with Crippen LogP contribution >= 0.6 is 11.8 Å². The van der Waals surface area contributed by atoms with Gasteiger partial charge in [0.2, 0.25) is 11.8 Å². The largest absolute Gasteiger partial charge is 0.416 e. The summed E-state index contributed by atoms with van der Waals surface area (Å²) in [7, 11) is 0. The van der Waals surface area contributed by atoms with Gasteiger partial charge in [0, 0.05) is 17.8 Å². The molecule has 146 valence electrons. The minimum absolute atomic E-state index is 0.0179. The second-order valence-corrected chi connectivity index (χ2v) is 7.42. The van der Waals surface area contributed by atoms with Crippen LogP contribution in [0.1, 0.15) is 32.8 Å². The maximum atomic E-state index is 12.7. The van der Waals surface area contributed by atoms with Crippen molar-refractivity contribution in [1.82, 2.24) is 5.32 Å². The fourth-order valence-corrected chi connectivity index (χ4v) is 2.90. The summed E-state index contributed by atoms with van der Waals surface area (Å²) in [4.78, 5) is 24.0. The van der Waals surface area contributed by atoms with Crippen molar-refractivity contribution in [2.75, 3.05) is 5.32 Å². The smallest absolute Gasteiger partial charge is 0.326 e. The number of nitrogens with one attached hydrogen (secondary N) is 2. The van der Waals surface area contributed by atoms with Crippen LogP contribution in [0.25, 0.3) is 0 Å². The normalized spacial score (nSPS) is 19.5. The van der Waals surface area contributed by atoms with Gasteiger partial charge in [-0.3, -0.25) is 9.59 Å². The van der Waals surface area contributed by atoms with Crippen molar-refractivity contribution in [2.24, 2.45) is 16.1 Å². The molecular weight excluding hydrogens is 381 g/mol. The van der Waals surface area contributed by atoms with Gasteiger partial charge in [-0.1, -0.05) is 31.7 Å². The molecule has 27 heavy (non-hydrogen) atoms. The summed E-state index contributed by atoms with van der Waals surface area (Å²) in [5.74, 6) is -0.745. The van der Waals surface area contributed by atoms with E-state index in [1.54, 1.807) is 0 Å². The van der Waals surface area contributed by atoms with Crippen molar-refractivity contribution in [1.29, 1.82) is 0 Å². The van der Waals surface area contributed by atoms with E-state index in [0.717, 1.165) is 29.6 Å². The Morgan fingerprint density at radius 1 is 1.37 bits per heavy atom. The molecule has 1 aromatic rings. The number of hydrogen-bond donors (Lipinski definition) is 2. The van der Waals surface area contributed by atoms with Gasteiger partial charge in [0.05, 0.1) is 5.56 Å². The van der Waals surface area contributed by atoms with Gasteiger partial charge in [-0.25, -0.2) is 0 Å². The van der Waals surface area contributed by atoms with E-state index in [4.69, 9.17) is 0 Å². The lowest BCUT2D eigenvalue weighted by Crippen LogP contribution is -2.28. The van der Waals surface area contributed by atoms with Crippen molar-refractivity contribution in [2.45, 2.75) is 38.6 Å². The van der Waals surface area contributed by atoms with Gasteiger partial charge in [-0.15, -0.1) is 5.10 Å². The van der Waals surface area contributed by atoms with Crippen LogP contribution in [0.4, 0.5) is 18.9 Å². The van der Waals surface area contributed by atoms with E-state index in [1.165, 1.54) is 12.1 Å². The zero-order valence-corrected chi connectivity index (χ0v) is 15.7. The van der Waals surface area contributed by atoms with Crippen LogP contribution in [-0.4, -0.2) is 27.9 Å². The topological polar surface area (TPSA) is 82.9 Å². The first kappa shape index (κ1) is 20.9. The Labute approximate surface area is 158 Å². The summed E-state index contributed by atoms with van der Waals surface area (Å²) >= 11 is 1.06. The number of hydrogen-bond acceptors (Lipinski definition) is 5. The third kappa shape index (κ3) is 6.09. The van der Waals surface area contributed by atoms with Crippen molar-refractivity contribution >= 4 is 40.1 Å². The molecule has 1 atom stereocenters. The predicted octanol–water partition coefficient (Wildman–Crippen LogP) is 3.65. The molecule has 1 aromatic carbocycles. The van der Waals surface area contributed by atoms with Gasteiger partial charge in [-0.2, -0.15) is 18.3 Å². The molecule has 2 rings (SSSR count). The maximum Gasteiger partial charge on any atom is 0.416 e. The first-order valence-corrected chi connectivity index (χ1v) is 9.01. The number of benzene rings is 1. The molecule has 1 saturated heterocycles. The van der Waals surface area contributed by atoms with Crippen LogP contribution in [0.2, 0.25) is 0 Å². The second kappa shape index (κ2) is 8.55. The Bertz CT molecular complexity index is 791. The summed E-state index contributed by atoms with van der Waals surface area (Å²) in [5.41, 5.74) is -0.0477. The average molecular weight is 400 g/mol. The fraction of sp³-hybridized carbons (Fsp3) is 0.412. The molecule has 1 fully saturated rings. The fourth-order valence-electron chi connectivity index (χ4n) is 1.98. The highest BCUT2D eigenvalue weighted by atomic mass is 32.2. The van der Waals surface area contributed by atoms with Crippen LogP contribution in [0.3, 0.4) is 0 Å². The molecule has 2 N–H and O–H groups in total. The summed E-state index contributed by atoms with van der Waals surface area (Å²) in [6.45, 7) is 5.73. The molecule has 0 saturated carbocycles. The Balaban J connectivity index is 1.97. The zero-order chi connectivity index (χ0) is 20.2. The maximum absolute atomic E-state index is 12.7. The molecular formula is C17H19F3N4O2S. The Hall–Kier alpha value is -2.36. The standard InChI is InChI=1S/C17H19F3N4O2S/c1-9(2)10(3)23-24-16-22-15(26)13(27-16)8-14(25)21-12-6-4-5-11(7-12)17(18,19)20/h4-7,9,13H,8H2,1-3H3,(H,21,25)(H,22,24,26)/b23-10-/t13-/m1/s1. The highest BCUT2D eigenvalue weighted by Crippen LogP contribution is 2.31. The lowest BCUT2D eigenvalue weighted by Gasteiger charge is -2.10. The number of rotatable bonds is 5. The van der Waals surface area contributed by atoms with E-state index >= 15 is 0 Å². The number of carbonyl (C=O) groups excluding carboxylic acids is 2. The number of amidine groups is 1. The van der Waals surface area contributed by atoms with E-state index in [2.05, 4.69) is 20.8 Å². The zero-order valence-electron chi connectivity index (χ0n) is 14.9. The second-order valence-electron chi connectivity index (χ2n) is 6.23. The molecule has 0 bridgehead atoms. The molecule has 1 aliphatic rings. The van der Waals surface area contributed by atoms with E-state index in [1.807, 2.05) is 20.8 Å². The molecule has 0 spiro atoms. The number of carbonyl (C=O) groups is 2. The first-order chi connectivity index (χ1) is 12.6. The third-order valence-corrected chi connectivity index (χ3v) is 4.83. The molecule has 6 nitrogen and oxygen atoms in total. The van der Waals surface area contributed by atoms with Gasteiger partial charge in [0.1, 0.15) is 5.25 Å². The number of amides is 2. The summed E-state index contributed by atoms with van der Waals surface area (Å²) in [6, 6.07) is 4.31.